The molecule has 0 bridgehead atoms. The molecule has 1 atom stereocenters. The third-order valence-corrected chi connectivity index (χ3v) is 5.69. The number of anilines is 1. The zero-order valence-corrected chi connectivity index (χ0v) is 15.7. The van der Waals surface area contributed by atoms with Crippen LogP contribution in [-0.4, -0.2) is 27.4 Å². The van der Waals surface area contributed by atoms with Crippen molar-refractivity contribution < 1.29 is 13.8 Å². The predicted octanol–water partition coefficient (Wildman–Crippen LogP) is 5.21. The van der Waals surface area contributed by atoms with Gasteiger partial charge in [0.2, 0.25) is 0 Å². The molecule has 0 aliphatic carbocycles. The molecule has 2 aromatic carbocycles. The van der Waals surface area contributed by atoms with Crippen LogP contribution in [0, 0.1) is 0 Å². The first-order valence-corrected chi connectivity index (χ1v) is 9.46. The first kappa shape index (κ1) is 18.7. The molecule has 0 heterocycles. The maximum absolute atomic E-state index is 6.01. The van der Waals surface area contributed by atoms with Crippen LogP contribution >= 0.6 is 8.38 Å². The molecule has 2 rings (SSSR count). The lowest BCUT2D eigenvalue weighted by atomic mass is 10.0. The predicted molar refractivity (Wildman–Crippen MR) is 101 cm³/mol. The van der Waals surface area contributed by atoms with Crippen LogP contribution in [0.5, 0.6) is 5.75 Å². The van der Waals surface area contributed by atoms with E-state index in [9.17, 15) is 0 Å². The van der Waals surface area contributed by atoms with E-state index in [0.29, 0.717) is 13.2 Å². The van der Waals surface area contributed by atoms with Gasteiger partial charge in [0.05, 0.1) is 26.0 Å². The first-order valence-electron chi connectivity index (χ1n) is 8.21. The average molecular weight is 347 g/mol. The fourth-order valence-corrected chi connectivity index (χ4v) is 4.47. The molecule has 0 aliphatic heterocycles. The summed E-state index contributed by atoms with van der Waals surface area (Å²) in [7, 11) is 2.49. The highest BCUT2D eigenvalue weighted by Crippen LogP contribution is 2.59. The maximum Gasteiger partial charge on any atom is 0.183 e. The Hall–Kier alpha value is -1.61. The number of ether oxygens (including phenoxy) is 1. The lowest BCUT2D eigenvalue weighted by Gasteiger charge is -2.29. The average Bonchev–Trinajstić information content (AvgIpc) is 2.63. The van der Waals surface area contributed by atoms with Crippen molar-refractivity contribution in [1.29, 1.82) is 0 Å². The van der Waals surface area contributed by atoms with Gasteiger partial charge in [0.15, 0.2) is 8.38 Å². The molecule has 1 N–H and O–H groups in total. The van der Waals surface area contributed by atoms with E-state index in [-0.39, 0.29) is 5.66 Å². The molecule has 0 spiro atoms. The number of nitrogens with one attached hydrogen (secondary N) is 1. The minimum Gasteiger partial charge on any atom is -0.496 e. The molecule has 2 aromatic rings. The van der Waals surface area contributed by atoms with Crippen LogP contribution in [0.2, 0.25) is 0 Å². The molecule has 130 valence electrons. The molecule has 4 nitrogen and oxygen atoms in total. The van der Waals surface area contributed by atoms with Crippen LogP contribution in [0.4, 0.5) is 5.69 Å². The van der Waals surface area contributed by atoms with Crippen molar-refractivity contribution in [2.75, 3.05) is 32.7 Å². The summed E-state index contributed by atoms with van der Waals surface area (Å²) in [5.74, 6) is 0.848. The molecule has 0 amide bonds. The molecule has 24 heavy (non-hydrogen) atoms. The van der Waals surface area contributed by atoms with Crippen molar-refractivity contribution in [3.8, 4) is 5.75 Å². The Morgan fingerprint density at radius 3 is 2.08 bits per heavy atom. The Balaban J connectivity index is 2.60. The van der Waals surface area contributed by atoms with Gasteiger partial charge >= 0.3 is 0 Å². The summed E-state index contributed by atoms with van der Waals surface area (Å²) >= 11 is 0. The minimum absolute atomic E-state index is 0.0281. The van der Waals surface area contributed by atoms with E-state index in [1.807, 2.05) is 51.2 Å². The molecule has 0 saturated heterocycles. The van der Waals surface area contributed by atoms with Crippen molar-refractivity contribution in [3.63, 3.8) is 0 Å². The summed E-state index contributed by atoms with van der Waals surface area (Å²) in [5, 5.41) is 3.28. The quantitative estimate of drug-likeness (QED) is 0.632. The second kappa shape index (κ2) is 9.63. The normalized spacial score (nSPS) is 12.2. The summed E-state index contributed by atoms with van der Waals surface area (Å²) in [6.45, 7) is 5.22. The second-order valence-corrected chi connectivity index (χ2v) is 6.71. The Labute approximate surface area is 146 Å². The second-order valence-electron chi connectivity index (χ2n) is 5.10. The summed E-state index contributed by atoms with van der Waals surface area (Å²) in [4.78, 5) is 0. The van der Waals surface area contributed by atoms with Gasteiger partial charge in [0, 0.05) is 18.3 Å². The third-order valence-electron chi connectivity index (χ3n) is 3.68. The molecule has 0 fully saturated rings. The van der Waals surface area contributed by atoms with E-state index in [4.69, 9.17) is 13.8 Å². The van der Waals surface area contributed by atoms with Crippen LogP contribution in [0.25, 0.3) is 0 Å². The third kappa shape index (κ3) is 4.27. The Morgan fingerprint density at radius 2 is 1.50 bits per heavy atom. The molecule has 0 aliphatic rings. The van der Waals surface area contributed by atoms with Gasteiger partial charge in [-0.05, 0) is 31.5 Å². The minimum atomic E-state index is -1.14. The van der Waals surface area contributed by atoms with Crippen LogP contribution in [-0.2, 0) is 9.05 Å². The van der Waals surface area contributed by atoms with Gasteiger partial charge in [-0.15, -0.1) is 0 Å². The highest BCUT2D eigenvalue weighted by atomic mass is 31.2. The van der Waals surface area contributed by atoms with Crippen LogP contribution in [0.1, 0.15) is 30.6 Å². The van der Waals surface area contributed by atoms with Gasteiger partial charge in [-0.3, -0.25) is 0 Å². The van der Waals surface area contributed by atoms with E-state index >= 15 is 0 Å². The van der Waals surface area contributed by atoms with Gasteiger partial charge < -0.3 is 19.1 Å². The SMILES string of the molecule is CCOP(OCC)C(c1ccccc1NC)c1ccccc1OC. The largest absolute Gasteiger partial charge is 0.496 e. The van der Waals surface area contributed by atoms with Gasteiger partial charge in [-0.25, -0.2) is 0 Å². The standard InChI is InChI=1S/C19H26NO3P/c1-5-22-24(23-6-2)19(15-11-7-9-13-17(15)20-3)16-12-8-10-14-18(16)21-4/h7-14,19-20H,5-6H2,1-4H3. The number of hydrogen-bond acceptors (Lipinski definition) is 4. The molecule has 0 saturated carbocycles. The highest BCUT2D eigenvalue weighted by Gasteiger charge is 2.31. The first-order chi connectivity index (χ1) is 11.8. The van der Waals surface area contributed by atoms with Crippen LogP contribution in [0.15, 0.2) is 48.5 Å². The number of hydrogen-bond donors (Lipinski definition) is 1. The van der Waals surface area contributed by atoms with E-state index in [1.54, 1.807) is 7.11 Å². The van der Waals surface area contributed by atoms with Crippen molar-refractivity contribution in [1.82, 2.24) is 0 Å². The topological polar surface area (TPSA) is 39.7 Å². The highest BCUT2D eigenvalue weighted by molar-refractivity contribution is 7.48. The van der Waals surface area contributed by atoms with Gasteiger partial charge in [0.1, 0.15) is 5.75 Å². The van der Waals surface area contributed by atoms with E-state index in [0.717, 1.165) is 22.6 Å². The molecule has 0 radical (unpaired) electrons. The van der Waals surface area contributed by atoms with Gasteiger partial charge in [-0.2, -0.15) is 0 Å². The molecule has 1 unspecified atom stereocenters. The zero-order valence-electron chi connectivity index (χ0n) is 14.8. The summed E-state index contributed by atoms with van der Waals surface area (Å²) in [5.41, 5.74) is 3.27. The number of rotatable bonds is 9. The Morgan fingerprint density at radius 1 is 0.917 bits per heavy atom. The fraction of sp³-hybridized carbons (Fsp3) is 0.368. The van der Waals surface area contributed by atoms with Crippen molar-refractivity contribution in [3.05, 3.63) is 59.7 Å². The molecular formula is C19H26NO3P. The van der Waals surface area contributed by atoms with Gasteiger partial charge in [-0.1, -0.05) is 36.4 Å². The van der Waals surface area contributed by atoms with Gasteiger partial charge in [0.25, 0.3) is 0 Å². The van der Waals surface area contributed by atoms with Crippen molar-refractivity contribution in [2.45, 2.75) is 19.5 Å². The number of methoxy groups -OCH3 is 1. The van der Waals surface area contributed by atoms with E-state index in [2.05, 4.69) is 23.5 Å². The Kier molecular flexibility index (Phi) is 7.51. The van der Waals surface area contributed by atoms with Crippen LogP contribution < -0.4 is 10.1 Å². The van der Waals surface area contributed by atoms with Crippen molar-refractivity contribution in [2.24, 2.45) is 0 Å². The lowest BCUT2D eigenvalue weighted by Crippen LogP contribution is -2.08. The smallest absolute Gasteiger partial charge is 0.183 e. The lowest BCUT2D eigenvalue weighted by molar-refractivity contribution is 0.264. The molecule has 5 heteroatoms. The number of benzene rings is 2. The summed E-state index contributed by atoms with van der Waals surface area (Å²) < 4.78 is 17.6. The van der Waals surface area contributed by atoms with Crippen molar-refractivity contribution >= 4 is 14.1 Å². The fourth-order valence-electron chi connectivity index (χ4n) is 2.69. The van der Waals surface area contributed by atoms with E-state index < -0.39 is 8.38 Å². The maximum atomic E-state index is 6.01. The summed E-state index contributed by atoms with van der Waals surface area (Å²) in [6.07, 6.45) is 0. The Bertz CT molecular complexity index is 582. The zero-order chi connectivity index (χ0) is 17.4. The monoisotopic (exact) mass is 347 g/mol. The van der Waals surface area contributed by atoms with Crippen LogP contribution in [0.3, 0.4) is 0 Å². The molecule has 0 aromatic heterocycles. The molecular weight excluding hydrogens is 321 g/mol. The summed E-state index contributed by atoms with van der Waals surface area (Å²) in [6, 6.07) is 16.3. The number of para-hydroxylation sites is 2. The van der Waals surface area contributed by atoms with E-state index in [1.165, 1.54) is 0 Å².